The summed E-state index contributed by atoms with van der Waals surface area (Å²) in [5, 5.41) is 32.5. The number of carboxylic acids is 1. The zero-order valence-corrected chi connectivity index (χ0v) is 62.1. The van der Waals surface area contributed by atoms with Crippen LogP contribution in [-0.2, 0) is 66.1 Å². The van der Waals surface area contributed by atoms with Crippen molar-refractivity contribution in [3.63, 3.8) is 0 Å². The molecule has 0 bridgehead atoms. The average Bonchev–Trinajstić information content (AvgIpc) is 1.65. The van der Waals surface area contributed by atoms with Gasteiger partial charge >= 0.3 is 109 Å². The molecule has 0 aliphatic heterocycles. The van der Waals surface area contributed by atoms with Gasteiger partial charge in [0.25, 0.3) is 18.3 Å². The predicted octanol–water partition coefficient (Wildman–Crippen LogP) is 3.41. The number of Topliss-reactive ketones (excluding diaryl/α,β-unsaturated/α-hetero) is 2. The molecule has 95 heavy (non-hydrogen) atoms. The molecule has 2 aromatic heterocycles. The van der Waals surface area contributed by atoms with Crippen molar-refractivity contribution in [1.82, 2.24) is 35.1 Å². The van der Waals surface area contributed by atoms with Crippen molar-refractivity contribution in [3.05, 3.63) is 164 Å². The molecule has 21 nitrogen and oxygen atoms in total. The molecule has 3 aliphatic carbocycles. The molecule has 9 N–H and O–H groups in total. The van der Waals surface area contributed by atoms with Gasteiger partial charge in [0.1, 0.15) is 42.1 Å². The number of aryl methyl sites for hydroxylation is 2. The van der Waals surface area contributed by atoms with Gasteiger partial charge in [0.2, 0.25) is 11.8 Å². The van der Waals surface area contributed by atoms with Gasteiger partial charge in [0.15, 0.2) is 11.4 Å². The van der Waals surface area contributed by atoms with Gasteiger partial charge in [-0.3, -0.25) is 47.7 Å². The summed E-state index contributed by atoms with van der Waals surface area (Å²) in [4.78, 5) is 95.0. The Hall–Kier alpha value is -4.70. The number of primary amides is 2. The third kappa shape index (κ3) is 28.2. The Labute approximate surface area is 654 Å². The number of hydrogen-bond acceptors (Lipinski definition) is 14. The first-order valence-electron chi connectivity index (χ1n) is 29.9. The molecular formula is C65H75Cl4F3K2N10O11. The van der Waals surface area contributed by atoms with E-state index in [1.54, 1.807) is 89.8 Å². The Balaban J connectivity index is 0.000000433. The van der Waals surface area contributed by atoms with Gasteiger partial charge in [-0.2, -0.15) is 10.2 Å². The number of carbonyl (C=O) groups is 8. The third-order valence-corrected chi connectivity index (χ3v) is 16.4. The number of nitrogens with one attached hydrogen (secondary N) is 2. The number of para-hydroxylation sites is 2. The predicted molar refractivity (Wildman–Crippen MR) is 347 cm³/mol. The van der Waals surface area contributed by atoms with Crippen molar-refractivity contribution in [2.24, 2.45) is 17.2 Å². The van der Waals surface area contributed by atoms with Gasteiger partial charge in [-0.1, -0.05) is 146 Å². The Morgan fingerprint density at radius 1 is 0.642 bits per heavy atom. The maximum Gasteiger partial charge on any atom is 1.00 e. The van der Waals surface area contributed by atoms with E-state index in [4.69, 9.17) is 78.8 Å². The number of nitrogens with zero attached hydrogens (tertiary/aromatic N) is 5. The Kier molecular flexibility index (Phi) is 40.1. The number of halogens is 7. The number of amides is 4. The number of carbonyl (C=O) groups excluding carboxylic acids is 7. The van der Waals surface area contributed by atoms with Crippen LogP contribution in [0.2, 0.25) is 15.1 Å². The number of alkyl halides is 1. The molecule has 3 saturated carbocycles. The second-order valence-corrected chi connectivity index (χ2v) is 23.3. The van der Waals surface area contributed by atoms with Crippen LogP contribution in [0.5, 0.6) is 0 Å². The second kappa shape index (κ2) is 45.1. The molecule has 0 unspecified atom stereocenters. The van der Waals surface area contributed by atoms with Gasteiger partial charge in [-0.25, -0.2) is 13.2 Å². The van der Waals surface area contributed by atoms with E-state index in [9.17, 15) is 46.7 Å². The van der Waals surface area contributed by atoms with E-state index in [-0.39, 0.29) is 205 Å². The number of carboxylic acid groups (broad SMARTS) is 1. The quantitative estimate of drug-likeness (QED) is 0.0186. The summed E-state index contributed by atoms with van der Waals surface area (Å²) in [7, 11) is 0. The molecule has 502 valence electrons. The molecule has 30 heteroatoms. The van der Waals surface area contributed by atoms with Crippen molar-refractivity contribution >= 4 is 116 Å². The maximum absolute atomic E-state index is 14.1. The number of nitrogens with two attached hydrogens (primary N) is 3. The largest absolute Gasteiger partial charge is 1.00 e. The fraction of sp³-hybridized carbons (Fsp3) is 0.385. The van der Waals surface area contributed by atoms with Gasteiger partial charge < -0.3 is 49.4 Å². The average molecular weight is 1450 g/mol. The van der Waals surface area contributed by atoms with Crippen LogP contribution in [0.25, 0.3) is 21.8 Å². The maximum atomic E-state index is 14.1. The van der Waals surface area contributed by atoms with Crippen LogP contribution < -0.4 is 136 Å². The Bertz CT molecular complexity index is 3680. The number of ketones is 2. The van der Waals surface area contributed by atoms with E-state index >= 15 is 0 Å². The van der Waals surface area contributed by atoms with E-state index in [1.165, 1.54) is 66.1 Å². The van der Waals surface area contributed by atoms with E-state index < -0.39 is 41.1 Å². The monoisotopic (exact) mass is 1450 g/mol. The molecule has 7 aromatic rings. The molecule has 10 rings (SSSR count). The van der Waals surface area contributed by atoms with E-state index in [0.717, 1.165) is 38.5 Å². The molecular weight excluding hydrogens is 1370 g/mol. The first-order chi connectivity index (χ1) is 44.6. The molecule has 0 spiro atoms. The molecule has 0 saturated heterocycles. The van der Waals surface area contributed by atoms with Gasteiger partial charge in [-0.05, 0) is 92.8 Å². The number of hydrogen-bond donors (Lipinski definition) is 6. The first kappa shape index (κ1) is 84.5. The van der Waals surface area contributed by atoms with Crippen molar-refractivity contribution < 1.29 is 171 Å². The second-order valence-electron chi connectivity index (χ2n) is 21.9. The molecule has 3 aliphatic rings. The molecule has 2 heterocycles. The van der Waals surface area contributed by atoms with Crippen molar-refractivity contribution in [2.75, 3.05) is 19.0 Å². The van der Waals surface area contributed by atoms with Crippen LogP contribution >= 0.6 is 46.4 Å². The first-order valence-corrected chi connectivity index (χ1v) is 31.6. The van der Waals surface area contributed by atoms with Crippen LogP contribution in [0.3, 0.4) is 0 Å². The fourth-order valence-electron chi connectivity index (χ4n) is 10.5. The molecule has 5 aromatic carbocycles. The number of aromatic nitrogens is 4. The normalized spacial score (nSPS) is 13.2. The van der Waals surface area contributed by atoms with E-state index in [1.807, 2.05) is 0 Å². The van der Waals surface area contributed by atoms with E-state index in [2.05, 4.69) is 25.7 Å². The standard InChI is InChI=1S/C24H25ClFN5O3.C15H19ClFNO.C10H9Cl2FO.C10H9N3O3.C5H11N.CH2O3.2K.H/c25-18-10-5-6-15(22(18)26)12-28-20(32)13-30(16-7-1-2-8-16)21(33)14-31-19-11-4-3-9-17(19)23(29-31)24(27)34;16-14-7-3-4-11(15(14)17)8-9-13(19)10-18-12-5-1-2-6-12;11-6-8(14)5-4-7-2-1-3-9(12)10(7)13;11-10(16)9-6-3-1-2-4-7(6)13(12-9)5-8(14)15;6-5-3-1-2-4-5;2-1-4-3;;;/h3-6,9-11,16H,1-2,7-8,12-14H2,(H2,27,34)(H,28,32);3-4,7,12,18H,1-2,5-6,8-10H2;1-3H,4-6H2;1-4H,5H2,(H2,11,16)(H,14,15);5H,1-4,6H2;1,3H;;;/q;;;;;;2*+1;-1/p-1. The van der Waals surface area contributed by atoms with Crippen molar-refractivity contribution in [2.45, 2.75) is 140 Å². The summed E-state index contributed by atoms with van der Waals surface area (Å²) in [6.45, 7) is -0.418. The summed E-state index contributed by atoms with van der Waals surface area (Å²) >= 11 is 22.4. The minimum atomic E-state index is -1.02. The summed E-state index contributed by atoms with van der Waals surface area (Å²) < 4.78 is 43.7. The molecule has 0 atom stereocenters. The summed E-state index contributed by atoms with van der Waals surface area (Å²) in [5.74, 6) is -4.48. The number of fused-ring (bicyclic) bond motifs is 2. The number of rotatable bonds is 22. The van der Waals surface area contributed by atoms with Crippen molar-refractivity contribution in [1.29, 1.82) is 0 Å². The van der Waals surface area contributed by atoms with Crippen LogP contribution in [0, 0.1) is 17.5 Å². The summed E-state index contributed by atoms with van der Waals surface area (Å²) in [5.41, 5.74) is 18.8. The molecule has 0 radical (unpaired) electrons. The fourth-order valence-corrected chi connectivity index (χ4v) is 11.2. The van der Waals surface area contributed by atoms with Crippen LogP contribution in [0.1, 0.15) is 129 Å². The Morgan fingerprint density at radius 3 is 1.49 bits per heavy atom. The zero-order valence-electron chi connectivity index (χ0n) is 53.8. The minimum Gasteiger partial charge on any atom is -1.00 e. The van der Waals surface area contributed by atoms with Crippen LogP contribution in [0.15, 0.2) is 103 Å². The molecule has 3 fully saturated rings. The Morgan fingerprint density at radius 2 is 1.06 bits per heavy atom. The summed E-state index contributed by atoms with van der Waals surface area (Å²) in [6, 6.07) is 29.1. The van der Waals surface area contributed by atoms with Gasteiger partial charge in [-0.15, -0.1) is 11.6 Å². The van der Waals surface area contributed by atoms with Crippen molar-refractivity contribution in [3.8, 4) is 0 Å². The van der Waals surface area contributed by atoms with Crippen LogP contribution in [-0.4, -0.2) is 114 Å². The van der Waals surface area contributed by atoms with E-state index in [0.29, 0.717) is 70.8 Å². The topological polar surface area (TPSA) is 330 Å². The summed E-state index contributed by atoms with van der Waals surface area (Å²) in [6.07, 6.45) is 15.0. The zero-order chi connectivity index (χ0) is 68.0. The minimum absolute atomic E-state index is 0. The SMILES string of the molecule is NC(=O)c1nn(CC(=O)N(CC(=O)NCc2cccc(Cl)c2F)C2CCCC2)c2ccccc12.NC(=O)c1nn(CC(=O)O)c2ccccc12.NC1CCCC1.O=C(CCc1cccc(Cl)c1F)CNC1CCCC1.O=C(CCl)CCc1cccc(Cl)c1F.O=CO[O-].[H-].[K+].[K+]. The number of benzene rings is 5. The number of aliphatic carboxylic acids is 1. The molecule has 4 amide bonds. The van der Waals surface area contributed by atoms with Gasteiger partial charge in [0.05, 0.1) is 45.1 Å². The third-order valence-electron chi connectivity index (χ3n) is 15.2. The van der Waals surface area contributed by atoms with Crippen LogP contribution in [0.4, 0.5) is 13.2 Å². The van der Waals surface area contributed by atoms with Gasteiger partial charge in [0, 0.05) is 53.8 Å². The smallest absolute Gasteiger partial charge is 1.00 e.